The summed E-state index contributed by atoms with van der Waals surface area (Å²) in [6, 6.07) is 10.3. The lowest BCUT2D eigenvalue weighted by Gasteiger charge is -2.20. The van der Waals surface area contributed by atoms with Crippen molar-refractivity contribution < 1.29 is 26.3 Å². The van der Waals surface area contributed by atoms with Gasteiger partial charge in [0.05, 0.1) is 35.9 Å². The van der Waals surface area contributed by atoms with Crippen LogP contribution in [0.1, 0.15) is 5.56 Å². The van der Waals surface area contributed by atoms with Gasteiger partial charge in [-0.05, 0) is 42.0 Å². The molecule has 29 heavy (non-hydrogen) atoms. The number of sulfone groups is 2. The number of nitrogens with one attached hydrogen (secondary N) is 1. The van der Waals surface area contributed by atoms with E-state index in [4.69, 9.17) is 21.1 Å². The highest BCUT2D eigenvalue weighted by molar-refractivity contribution is 7.96. The van der Waals surface area contributed by atoms with Gasteiger partial charge in [0, 0.05) is 17.6 Å². The van der Waals surface area contributed by atoms with Crippen LogP contribution in [0.4, 0.5) is 0 Å². The lowest BCUT2D eigenvalue weighted by Crippen LogP contribution is -2.43. The summed E-state index contributed by atoms with van der Waals surface area (Å²) >= 11 is 5.84. The van der Waals surface area contributed by atoms with Crippen molar-refractivity contribution in [3.8, 4) is 11.5 Å². The number of hydrogen-bond acceptors (Lipinski definition) is 7. The summed E-state index contributed by atoms with van der Waals surface area (Å²) in [5.74, 6) is 0.457. The molecule has 1 heterocycles. The van der Waals surface area contributed by atoms with E-state index in [0.29, 0.717) is 16.5 Å². The van der Waals surface area contributed by atoms with E-state index in [1.807, 2.05) is 0 Å². The Hall–Kier alpha value is -1.81. The first kappa shape index (κ1) is 21.9. The number of ether oxygens (including phenoxy) is 2. The molecule has 1 aliphatic rings. The fourth-order valence-corrected chi connectivity index (χ4v) is 8.19. The Morgan fingerprint density at radius 1 is 1.03 bits per heavy atom. The third-order valence-electron chi connectivity index (χ3n) is 4.86. The van der Waals surface area contributed by atoms with E-state index in [9.17, 15) is 16.8 Å². The fraction of sp³-hybridized carbons (Fsp3) is 0.368. The Labute approximate surface area is 175 Å². The molecule has 158 valence electrons. The predicted molar refractivity (Wildman–Crippen MR) is 111 cm³/mol. The molecule has 2 aromatic carbocycles. The highest BCUT2D eigenvalue weighted by atomic mass is 35.5. The molecule has 3 rings (SSSR count). The van der Waals surface area contributed by atoms with Crippen molar-refractivity contribution in [2.75, 3.05) is 25.7 Å². The average Bonchev–Trinajstić information content (AvgIpc) is 3.01. The molecular formula is C19H22ClNO6S2. The van der Waals surface area contributed by atoms with Crippen molar-refractivity contribution in [1.82, 2.24) is 5.32 Å². The molecule has 1 N–H and O–H groups in total. The smallest absolute Gasteiger partial charge is 0.183 e. The molecule has 0 amide bonds. The van der Waals surface area contributed by atoms with Gasteiger partial charge in [-0.1, -0.05) is 17.7 Å². The topological polar surface area (TPSA) is 98.8 Å². The van der Waals surface area contributed by atoms with Gasteiger partial charge in [-0.15, -0.1) is 0 Å². The van der Waals surface area contributed by atoms with Crippen LogP contribution in [0, 0.1) is 0 Å². The van der Waals surface area contributed by atoms with Crippen molar-refractivity contribution in [3.63, 3.8) is 0 Å². The largest absolute Gasteiger partial charge is 0.493 e. The second kappa shape index (κ2) is 8.51. The molecule has 0 bridgehead atoms. The van der Waals surface area contributed by atoms with E-state index >= 15 is 0 Å². The maximum absolute atomic E-state index is 13.1. The molecule has 7 nitrogen and oxygen atoms in total. The lowest BCUT2D eigenvalue weighted by molar-refractivity contribution is 0.354. The lowest BCUT2D eigenvalue weighted by atomic mass is 10.1. The molecule has 0 radical (unpaired) electrons. The minimum absolute atomic E-state index is 0.0573. The van der Waals surface area contributed by atoms with E-state index in [-0.39, 0.29) is 17.2 Å². The monoisotopic (exact) mass is 459 g/mol. The number of methoxy groups -OCH3 is 2. The number of benzene rings is 2. The van der Waals surface area contributed by atoms with Gasteiger partial charge in [0.15, 0.2) is 31.2 Å². The highest BCUT2D eigenvalue weighted by Gasteiger charge is 2.45. The summed E-state index contributed by atoms with van der Waals surface area (Å²) in [6.45, 7) is 0.285. The first-order valence-corrected chi connectivity index (χ1v) is 12.5. The van der Waals surface area contributed by atoms with Gasteiger partial charge in [0.25, 0.3) is 0 Å². The summed E-state index contributed by atoms with van der Waals surface area (Å²) in [5.41, 5.74) is 0.814. The number of halogens is 1. The molecule has 10 heteroatoms. The predicted octanol–water partition coefficient (Wildman–Crippen LogP) is 2.09. The zero-order valence-corrected chi connectivity index (χ0v) is 18.4. The number of rotatable bonds is 7. The molecule has 0 spiro atoms. The van der Waals surface area contributed by atoms with Crippen LogP contribution in [-0.2, 0) is 26.2 Å². The molecule has 0 saturated carbocycles. The Morgan fingerprint density at radius 2 is 1.69 bits per heavy atom. The maximum Gasteiger partial charge on any atom is 0.183 e. The Morgan fingerprint density at radius 3 is 2.31 bits per heavy atom. The molecule has 0 aliphatic carbocycles. The van der Waals surface area contributed by atoms with Crippen LogP contribution in [0.25, 0.3) is 0 Å². The Balaban J connectivity index is 1.83. The Kier molecular flexibility index (Phi) is 6.42. The SMILES string of the molecule is COc1ccc(CN[C@@H]2CS(=O)(=O)C[C@H]2S(=O)(=O)c2ccc(Cl)cc2)cc1OC. The summed E-state index contributed by atoms with van der Waals surface area (Å²) in [6.07, 6.45) is 0. The molecule has 1 aliphatic heterocycles. The second-order valence-corrected chi connectivity index (χ2v) is 11.5. The van der Waals surface area contributed by atoms with Gasteiger partial charge in [0.2, 0.25) is 0 Å². The molecule has 1 fully saturated rings. The van der Waals surface area contributed by atoms with Crippen LogP contribution in [0.5, 0.6) is 11.5 Å². The van der Waals surface area contributed by atoms with Crippen molar-refractivity contribution in [1.29, 1.82) is 0 Å². The van der Waals surface area contributed by atoms with E-state index in [1.54, 1.807) is 18.2 Å². The highest BCUT2D eigenvalue weighted by Crippen LogP contribution is 2.29. The van der Waals surface area contributed by atoms with Gasteiger partial charge < -0.3 is 14.8 Å². The first-order valence-electron chi connectivity index (χ1n) is 8.80. The summed E-state index contributed by atoms with van der Waals surface area (Å²) in [4.78, 5) is 0.0573. The Bertz CT molecular complexity index is 1080. The minimum Gasteiger partial charge on any atom is -0.493 e. The minimum atomic E-state index is -3.85. The van der Waals surface area contributed by atoms with Crippen molar-refractivity contribution in [2.24, 2.45) is 0 Å². The van der Waals surface area contributed by atoms with Gasteiger partial charge in [-0.2, -0.15) is 0 Å². The fourth-order valence-electron chi connectivity index (χ4n) is 3.35. The van der Waals surface area contributed by atoms with Crippen LogP contribution in [0.15, 0.2) is 47.4 Å². The van der Waals surface area contributed by atoms with E-state index < -0.39 is 36.7 Å². The van der Waals surface area contributed by atoms with Gasteiger partial charge >= 0.3 is 0 Å². The van der Waals surface area contributed by atoms with Crippen LogP contribution < -0.4 is 14.8 Å². The first-order chi connectivity index (χ1) is 13.7. The average molecular weight is 460 g/mol. The normalized spacial score (nSPS) is 21.1. The van der Waals surface area contributed by atoms with Crippen molar-refractivity contribution in [2.45, 2.75) is 22.7 Å². The zero-order chi connectivity index (χ0) is 21.2. The molecule has 2 atom stereocenters. The van der Waals surface area contributed by atoms with Crippen molar-refractivity contribution >= 4 is 31.3 Å². The van der Waals surface area contributed by atoms with Gasteiger partial charge in [-0.3, -0.25) is 0 Å². The van der Waals surface area contributed by atoms with E-state index in [1.165, 1.54) is 38.5 Å². The van der Waals surface area contributed by atoms with Gasteiger partial charge in [0.1, 0.15) is 0 Å². The molecule has 1 saturated heterocycles. The van der Waals surface area contributed by atoms with Crippen LogP contribution >= 0.6 is 11.6 Å². The van der Waals surface area contributed by atoms with Crippen molar-refractivity contribution in [3.05, 3.63) is 53.1 Å². The molecular weight excluding hydrogens is 438 g/mol. The third kappa shape index (κ3) is 4.85. The summed E-state index contributed by atoms with van der Waals surface area (Å²) in [5, 5.41) is 2.43. The van der Waals surface area contributed by atoms with E-state index in [2.05, 4.69) is 5.32 Å². The van der Waals surface area contributed by atoms with Gasteiger partial charge in [-0.25, -0.2) is 16.8 Å². The number of hydrogen-bond donors (Lipinski definition) is 1. The standard InChI is InChI=1S/C19H22ClNO6S2/c1-26-17-8-3-13(9-18(17)27-2)10-21-16-11-28(22,23)12-19(16)29(24,25)15-6-4-14(20)5-7-15/h3-9,16,19,21H,10-12H2,1-2H3/t16-,19-/m1/s1. The van der Waals surface area contributed by atoms with Crippen LogP contribution in [-0.4, -0.2) is 53.9 Å². The van der Waals surface area contributed by atoms with Crippen LogP contribution in [0.2, 0.25) is 5.02 Å². The second-order valence-electron chi connectivity index (χ2n) is 6.79. The summed E-state index contributed by atoms with van der Waals surface area (Å²) < 4.78 is 61.0. The zero-order valence-electron chi connectivity index (χ0n) is 16.0. The third-order valence-corrected chi connectivity index (χ3v) is 9.28. The van der Waals surface area contributed by atoms with Crippen LogP contribution in [0.3, 0.4) is 0 Å². The molecule has 0 aromatic heterocycles. The molecule has 2 aromatic rings. The maximum atomic E-state index is 13.1. The quantitative estimate of drug-likeness (QED) is 0.676. The summed E-state index contributed by atoms with van der Waals surface area (Å²) in [7, 11) is -4.28. The van der Waals surface area contributed by atoms with E-state index in [0.717, 1.165) is 5.56 Å². The molecule has 0 unspecified atom stereocenters.